The van der Waals surface area contributed by atoms with Gasteiger partial charge in [0.05, 0.1) is 0 Å². The molecule has 2 nitrogen and oxygen atoms in total. The Morgan fingerprint density at radius 2 is 1.55 bits per heavy atom. The monoisotopic (exact) mass is 163 g/mol. The van der Waals surface area contributed by atoms with Crippen molar-refractivity contribution < 1.29 is 4.79 Å². The average molecular weight is 163 g/mol. The van der Waals surface area contributed by atoms with E-state index in [1.165, 1.54) is 6.29 Å². The summed E-state index contributed by atoms with van der Waals surface area (Å²) in [5.41, 5.74) is 0.106. The van der Waals surface area contributed by atoms with Crippen LogP contribution >= 0.6 is 0 Å². The molecule has 3 rings (SSSR count). The second-order valence-corrected chi connectivity index (χ2v) is 3.57. The van der Waals surface area contributed by atoms with E-state index in [0.29, 0.717) is 0 Å². The van der Waals surface area contributed by atoms with Gasteiger partial charge in [-0.15, -0.1) is 0 Å². The Morgan fingerprint density at radius 1 is 1.09 bits per heavy atom. The Kier molecular flexibility index (Phi) is 3.15. The molecule has 0 spiro atoms. The van der Waals surface area contributed by atoms with Crippen molar-refractivity contribution >= 4 is 35.8 Å². The molecule has 0 aromatic heterocycles. The molecule has 0 atom stereocenters. The Labute approximate surface area is 89.6 Å². The number of hydrogen-bond acceptors (Lipinski definition) is 2. The van der Waals surface area contributed by atoms with E-state index in [9.17, 15) is 4.79 Å². The number of aldehydes is 1. The first-order valence-corrected chi connectivity index (χ1v) is 4.03. The Morgan fingerprint density at radius 3 is 1.82 bits per heavy atom. The van der Waals surface area contributed by atoms with Crippen molar-refractivity contribution in [3.8, 4) is 0 Å². The van der Waals surface area contributed by atoms with Gasteiger partial charge in [-0.1, -0.05) is 0 Å². The van der Waals surface area contributed by atoms with Crippen LogP contribution in [0.25, 0.3) is 0 Å². The van der Waals surface area contributed by atoms with Gasteiger partial charge in [0.15, 0.2) is 0 Å². The molecule has 0 saturated carbocycles. The second kappa shape index (κ2) is 3.56. The van der Waals surface area contributed by atoms with Gasteiger partial charge in [0.25, 0.3) is 0 Å². The zero-order valence-corrected chi connectivity index (χ0v) is 6.18. The molecule has 3 aliphatic rings. The van der Waals surface area contributed by atoms with Crippen LogP contribution in [0.1, 0.15) is 19.3 Å². The van der Waals surface area contributed by atoms with E-state index in [2.05, 4.69) is 4.90 Å². The summed E-state index contributed by atoms with van der Waals surface area (Å²) in [6.45, 7) is 3.45. The maximum absolute atomic E-state index is 10.7. The van der Waals surface area contributed by atoms with Gasteiger partial charge in [0.2, 0.25) is 0 Å². The molecule has 3 saturated heterocycles. The summed E-state index contributed by atoms with van der Waals surface area (Å²) in [7, 11) is 0. The second-order valence-electron chi connectivity index (χ2n) is 3.57. The molecule has 0 radical (unpaired) electrons. The first-order valence-electron chi connectivity index (χ1n) is 4.03. The summed E-state index contributed by atoms with van der Waals surface area (Å²) in [6.07, 6.45) is 4.52. The summed E-state index contributed by atoms with van der Waals surface area (Å²) in [4.78, 5) is 13.2. The van der Waals surface area contributed by atoms with Crippen molar-refractivity contribution in [2.75, 3.05) is 19.6 Å². The third-order valence-electron chi connectivity index (χ3n) is 3.03. The van der Waals surface area contributed by atoms with Gasteiger partial charge in [-0.25, -0.2) is 0 Å². The molecular formula is C8H14NNaO. The molecule has 0 amide bonds. The van der Waals surface area contributed by atoms with Gasteiger partial charge in [-0.05, 0) is 38.9 Å². The zero-order valence-electron chi connectivity index (χ0n) is 6.18. The fraction of sp³-hybridized carbons (Fsp3) is 0.875. The molecular weight excluding hydrogens is 149 g/mol. The van der Waals surface area contributed by atoms with Crippen LogP contribution in [0, 0.1) is 5.41 Å². The number of nitrogens with zero attached hydrogens (tertiary/aromatic N) is 1. The number of fused-ring (bicyclic) bond motifs is 3. The van der Waals surface area contributed by atoms with E-state index < -0.39 is 0 Å². The SMILES string of the molecule is O=CC12CCN(CC1)CC2.[NaH]. The summed E-state index contributed by atoms with van der Waals surface area (Å²) >= 11 is 0. The zero-order chi connectivity index (χ0) is 7.03. The molecule has 3 aliphatic heterocycles. The van der Waals surface area contributed by atoms with E-state index in [4.69, 9.17) is 0 Å². The minimum absolute atomic E-state index is 0. The van der Waals surface area contributed by atoms with Crippen molar-refractivity contribution in [1.29, 1.82) is 0 Å². The minimum atomic E-state index is 0. The van der Waals surface area contributed by atoms with Crippen molar-refractivity contribution in [1.82, 2.24) is 4.90 Å². The number of carbonyl (C=O) groups excluding carboxylic acids is 1. The van der Waals surface area contributed by atoms with Gasteiger partial charge in [-0.3, -0.25) is 0 Å². The molecule has 0 N–H and O–H groups in total. The predicted octanol–water partition coefficient (Wildman–Crippen LogP) is 0.0227. The van der Waals surface area contributed by atoms with Gasteiger partial charge in [-0.2, -0.15) is 0 Å². The first-order chi connectivity index (χ1) is 4.85. The van der Waals surface area contributed by atoms with E-state index in [1.807, 2.05) is 0 Å². The molecule has 2 bridgehead atoms. The molecule has 0 aromatic rings. The normalized spacial score (nSPS) is 41.3. The van der Waals surface area contributed by atoms with E-state index in [0.717, 1.165) is 38.9 Å². The maximum atomic E-state index is 10.7. The van der Waals surface area contributed by atoms with Crippen LogP contribution in [0.2, 0.25) is 0 Å². The summed E-state index contributed by atoms with van der Waals surface area (Å²) < 4.78 is 0. The van der Waals surface area contributed by atoms with Gasteiger partial charge < -0.3 is 9.69 Å². The molecule has 3 fully saturated rings. The van der Waals surface area contributed by atoms with Crippen LogP contribution in [-0.4, -0.2) is 60.4 Å². The first kappa shape index (κ1) is 9.72. The third-order valence-corrected chi connectivity index (χ3v) is 3.03. The predicted molar refractivity (Wildman–Crippen MR) is 45.9 cm³/mol. The van der Waals surface area contributed by atoms with Crippen LogP contribution in [0.15, 0.2) is 0 Å². The quantitative estimate of drug-likeness (QED) is 0.401. The Balaban J connectivity index is 0.000000605. The Hall–Kier alpha value is 0.630. The van der Waals surface area contributed by atoms with Crippen LogP contribution in [-0.2, 0) is 4.79 Å². The number of rotatable bonds is 1. The summed E-state index contributed by atoms with van der Waals surface area (Å²) in [6, 6.07) is 0. The van der Waals surface area contributed by atoms with Crippen molar-refractivity contribution in [3.05, 3.63) is 0 Å². The van der Waals surface area contributed by atoms with Gasteiger partial charge in [0, 0.05) is 5.41 Å². The van der Waals surface area contributed by atoms with E-state index >= 15 is 0 Å². The number of hydrogen-bond donors (Lipinski definition) is 0. The van der Waals surface area contributed by atoms with Crippen LogP contribution in [0.3, 0.4) is 0 Å². The Bertz CT molecular complexity index is 138. The van der Waals surface area contributed by atoms with Crippen molar-refractivity contribution in [2.45, 2.75) is 19.3 Å². The molecule has 3 heterocycles. The van der Waals surface area contributed by atoms with Crippen LogP contribution in [0.4, 0.5) is 0 Å². The van der Waals surface area contributed by atoms with Gasteiger partial charge in [0.1, 0.15) is 6.29 Å². The summed E-state index contributed by atoms with van der Waals surface area (Å²) in [5.74, 6) is 0. The number of carbonyl (C=O) groups is 1. The van der Waals surface area contributed by atoms with Gasteiger partial charge >= 0.3 is 29.6 Å². The van der Waals surface area contributed by atoms with Crippen molar-refractivity contribution in [2.24, 2.45) is 5.41 Å². The van der Waals surface area contributed by atoms with Crippen molar-refractivity contribution in [3.63, 3.8) is 0 Å². The fourth-order valence-electron chi connectivity index (χ4n) is 2.03. The van der Waals surface area contributed by atoms with Crippen LogP contribution in [0.5, 0.6) is 0 Å². The standard InChI is InChI=1S/C8H13NO.Na.H/c10-7-8-1-4-9(5-2-8)6-3-8;;/h7H,1-6H2;;. The molecule has 0 aliphatic carbocycles. The molecule has 3 heteroatoms. The molecule has 58 valence electrons. The third kappa shape index (κ3) is 1.69. The number of piperidine rings is 3. The average Bonchev–Trinajstić information content (AvgIpc) is 2.08. The topological polar surface area (TPSA) is 20.3 Å². The van der Waals surface area contributed by atoms with E-state index in [1.54, 1.807) is 0 Å². The van der Waals surface area contributed by atoms with Crippen LogP contribution < -0.4 is 0 Å². The van der Waals surface area contributed by atoms with E-state index in [-0.39, 0.29) is 35.0 Å². The molecule has 0 unspecified atom stereocenters. The molecule has 11 heavy (non-hydrogen) atoms. The summed E-state index contributed by atoms with van der Waals surface area (Å²) in [5, 5.41) is 0. The molecule has 0 aromatic carbocycles. The fourth-order valence-corrected chi connectivity index (χ4v) is 2.03.